The molecule has 1 aliphatic carbocycles. The van der Waals surface area contributed by atoms with Crippen molar-refractivity contribution >= 4 is 79.3 Å². The summed E-state index contributed by atoms with van der Waals surface area (Å²) >= 11 is 6.12. The zero-order valence-corrected chi connectivity index (χ0v) is 27.7. The Morgan fingerprint density at radius 1 is 0.922 bits per heavy atom. The highest BCUT2D eigenvalue weighted by Gasteiger charge is 2.37. The second kappa shape index (κ2) is 14.3. The Hall–Kier alpha value is -6.34. The maximum Gasteiger partial charge on any atom is 0.352 e. The molecule has 0 spiro atoms. The molecule has 1 aliphatic rings. The van der Waals surface area contributed by atoms with Crippen LogP contribution < -0.4 is 26.0 Å². The minimum atomic E-state index is -3.76. The summed E-state index contributed by atoms with van der Waals surface area (Å²) in [5.41, 5.74) is 1.91. The van der Waals surface area contributed by atoms with Crippen molar-refractivity contribution in [2.45, 2.75) is 30.6 Å². The van der Waals surface area contributed by atoms with Crippen molar-refractivity contribution in [2.75, 3.05) is 16.0 Å². The van der Waals surface area contributed by atoms with Crippen molar-refractivity contribution in [3.8, 4) is 5.69 Å². The molecule has 18 nitrogen and oxygen atoms in total. The summed E-state index contributed by atoms with van der Waals surface area (Å²) in [6.45, 7) is 0. The number of nitrogens with one attached hydrogen (secondary N) is 6. The Bertz CT molecular complexity index is 2270. The summed E-state index contributed by atoms with van der Waals surface area (Å²) in [7, 11) is -3.76. The Morgan fingerprint density at radius 2 is 1.67 bits per heavy atom. The molecule has 20 heteroatoms. The van der Waals surface area contributed by atoms with Gasteiger partial charge in [-0.3, -0.25) is 14.4 Å². The maximum atomic E-state index is 13.6. The van der Waals surface area contributed by atoms with E-state index in [4.69, 9.17) is 11.6 Å². The van der Waals surface area contributed by atoms with E-state index in [0.29, 0.717) is 35.0 Å². The summed E-state index contributed by atoms with van der Waals surface area (Å²) in [4.78, 5) is 66.3. The topological polar surface area (TPSA) is 259 Å². The van der Waals surface area contributed by atoms with Gasteiger partial charge in [0.2, 0.25) is 15.9 Å². The zero-order valence-electron chi connectivity index (χ0n) is 26.1. The number of rotatable bonds is 11. The van der Waals surface area contributed by atoms with Gasteiger partial charge >= 0.3 is 23.8 Å². The van der Waals surface area contributed by atoms with E-state index in [9.17, 15) is 37.5 Å². The van der Waals surface area contributed by atoms with Crippen molar-refractivity contribution in [1.29, 1.82) is 0 Å². The first-order chi connectivity index (χ1) is 24.3. The van der Waals surface area contributed by atoms with E-state index < -0.39 is 51.0 Å². The van der Waals surface area contributed by atoms with Gasteiger partial charge in [-0.1, -0.05) is 23.7 Å². The Morgan fingerprint density at radius 3 is 2.35 bits per heavy atom. The number of carboxylic acid groups (broad SMARTS) is 1. The predicted molar refractivity (Wildman–Crippen MR) is 183 cm³/mol. The third-order valence-corrected chi connectivity index (χ3v) is 9.65. The fourth-order valence-corrected chi connectivity index (χ4v) is 6.36. The number of carbonyl (C=O) groups is 5. The third kappa shape index (κ3) is 8.46. The van der Waals surface area contributed by atoms with Crippen LogP contribution in [0.15, 0.2) is 73.1 Å². The van der Waals surface area contributed by atoms with Crippen LogP contribution >= 0.6 is 11.6 Å². The standard InChI is InChI=1S/C31H27ClN10O8S/c32-18-3-10-26(42-15-33-40-41-42)23(14-18)37-28(44)29(45)38-24(27(43)34-20-6-9-22-17(12-20)13-25(36-22)30(46)47)11-16-1-4-19(5-2-16)35-31(48)39-51(49,50)21-7-8-21/h1-6,9-10,12-15,21,24,36H,7-8,11H2,(H,34,43)(H,37,44)(H,38,45)(H,46,47)(H2,35,39,48)/t24-/m0/s1. The van der Waals surface area contributed by atoms with Crippen LogP contribution in [0.5, 0.6) is 0 Å². The number of urea groups is 1. The lowest BCUT2D eigenvalue weighted by Gasteiger charge is -2.19. The van der Waals surface area contributed by atoms with Crippen molar-refractivity contribution < 1.29 is 37.5 Å². The number of hydrogen-bond donors (Lipinski definition) is 7. The normalized spacial score (nSPS) is 13.2. The minimum absolute atomic E-state index is 0.0486. The Kier molecular flexibility index (Phi) is 9.65. The van der Waals surface area contributed by atoms with Crippen LogP contribution in [0, 0.1) is 0 Å². The van der Waals surface area contributed by atoms with Gasteiger partial charge in [-0.15, -0.1) is 5.10 Å². The van der Waals surface area contributed by atoms with E-state index in [2.05, 4.69) is 41.8 Å². The lowest BCUT2D eigenvalue weighted by Crippen LogP contribution is -2.49. The van der Waals surface area contributed by atoms with Gasteiger partial charge in [0.1, 0.15) is 18.1 Å². The second-order valence-electron chi connectivity index (χ2n) is 11.4. The molecule has 5 aromatic rings. The van der Waals surface area contributed by atoms with E-state index in [1.165, 1.54) is 59.5 Å². The van der Waals surface area contributed by atoms with Crippen LogP contribution in [0.25, 0.3) is 16.6 Å². The first kappa shape index (κ1) is 34.5. The van der Waals surface area contributed by atoms with Crippen molar-refractivity contribution in [3.05, 3.63) is 89.3 Å². The quantitative estimate of drug-likeness (QED) is 0.0970. The van der Waals surface area contributed by atoms with E-state index in [1.807, 2.05) is 4.72 Å². The van der Waals surface area contributed by atoms with Gasteiger partial charge in [-0.25, -0.2) is 22.7 Å². The number of sulfonamides is 1. The van der Waals surface area contributed by atoms with Crippen molar-refractivity contribution in [2.24, 2.45) is 0 Å². The number of fused-ring (bicyclic) bond motifs is 1. The average molecular weight is 735 g/mol. The molecule has 0 saturated heterocycles. The van der Waals surface area contributed by atoms with Crippen molar-refractivity contribution in [3.63, 3.8) is 0 Å². The van der Waals surface area contributed by atoms with Crippen LogP contribution in [0.2, 0.25) is 5.02 Å². The molecule has 3 aromatic carbocycles. The molecule has 262 valence electrons. The largest absolute Gasteiger partial charge is 0.477 e. The lowest BCUT2D eigenvalue weighted by molar-refractivity contribution is -0.137. The number of halogens is 1. The number of hydrogen-bond acceptors (Lipinski definition) is 10. The molecule has 1 saturated carbocycles. The highest BCUT2D eigenvalue weighted by molar-refractivity contribution is 7.91. The third-order valence-electron chi connectivity index (χ3n) is 7.60. The van der Waals surface area contributed by atoms with Crippen LogP contribution in [0.4, 0.5) is 21.9 Å². The van der Waals surface area contributed by atoms with E-state index in [1.54, 1.807) is 18.2 Å². The lowest BCUT2D eigenvalue weighted by atomic mass is 10.0. The predicted octanol–water partition coefficient (Wildman–Crippen LogP) is 2.41. The molecule has 2 aromatic heterocycles. The molecule has 0 bridgehead atoms. The molecule has 0 radical (unpaired) electrons. The molecule has 0 aliphatic heterocycles. The number of benzene rings is 3. The number of H-pyrrole nitrogens is 1. The molecule has 1 fully saturated rings. The van der Waals surface area contributed by atoms with E-state index in [-0.39, 0.29) is 34.2 Å². The molecule has 1 atom stereocenters. The molecule has 5 amide bonds. The molecule has 6 rings (SSSR count). The van der Waals surface area contributed by atoms with Gasteiger partial charge in [-0.2, -0.15) is 4.68 Å². The molecule has 7 N–H and O–H groups in total. The molecular formula is C31H27ClN10O8S. The molecule has 51 heavy (non-hydrogen) atoms. The van der Waals surface area contributed by atoms with Crippen LogP contribution in [-0.2, 0) is 30.8 Å². The highest BCUT2D eigenvalue weighted by atomic mass is 35.5. The number of amides is 5. The number of aromatic carboxylic acids is 1. The monoisotopic (exact) mass is 734 g/mol. The fraction of sp³-hybridized carbons (Fsp3) is 0.161. The van der Waals surface area contributed by atoms with Gasteiger partial charge in [0, 0.05) is 33.7 Å². The second-order valence-corrected chi connectivity index (χ2v) is 13.8. The van der Waals surface area contributed by atoms with E-state index >= 15 is 0 Å². The number of nitrogens with zero attached hydrogens (tertiary/aromatic N) is 4. The van der Waals surface area contributed by atoms with Crippen LogP contribution in [0.3, 0.4) is 0 Å². The molecule has 0 unspecified atom stereocenters. The minimum Gasteiger partial charge on any atom is -0.477 e. The van der Waals surface area contributed by atoms with Gasteiger partial charge in [0.15, 0.2) is 0 Å². The number of anilines is 3. The highest BCUT2D eigenvalue weighted by Crippen LogP contribution is 2.27. The maximum absolute atomic E-state index is 13.6. The van der Waals surface area contributed by atoms with Gasteiger partial charge in [0.05, 0.1) is 16.6 Å². The molecule has 2 heterocycles. The van der Waals surface area contributed by atoms with Crippen LogP contribution in [0.1, 0.15) is 28.9 Å². The Balaban J connectivity index is 1.19. The first-order valence-corrected chi connectivity index (χ1v) is 17.0. The molecular weight excluding hydrogens is 708 g/mol. The summed E-state index contributed by atoms with van der Waals surface area (Å²) in [5, 5.41) is 30.4. The fourth-order valence-electron chi connectivity index (χ4n) is 4.95. The zero-order chi connectivity index (χ0) is 36.3. The van der Waals surface area contributed by atoms with Gasteiger partial charge in [0.25, 0.3) is 0 Å². The summed E-state index contributed by atoms with van der Waals surface area (Å²) in [5.74, 6) is -4.18. The number of tetrazole rings is 1. The van der Waals surface area contributed by atoms with Gasteiger partial charge < -0.3 is 31.4 Å². The van der Waals surface area contributed by atoms with E-state index in [0.717, 1.165) is 0 Å². The summed E-state index contributed by atoms with van der Waals surface area (Å²) in [6.07, 6.45) is 2.11. The van der Waals surface area contributed by atoms with Crippen LogP contribution in [-0.4, -0.2) is 79.7 Å². The number of carbonyl (C=O) groups excluding carboxylic acids is 4. The average Bonchev–Trinajstić information content (AvgIpc) is 3.65. The number of aromatic nitrogens is 5. The number of aromatic amines is 1. The first-order valence-electron chi connectivity index (χ1n) is 15.1. The van der Waals surface area contributed by atoms with Gasteiger partial charge in [-0.05, 0) is 83.4 Å². The van der Waals surface area contributed by atoms with Crippen molar-refractivity contribution in [1.82, 2.24) is 35.2 Å². The Labute approximate surface area is 293 Å². The number of carboxylic acids is 1. The summed E-state index contributed by atoms with van der Waals surface area (Å²) < 4.78 is 27.3. The summed E-state index contributed by atoms with van der Waals surface area (Å²) in [6, 6.07) is 14.3. The SMILES string of the molecule is O=C(Nc1ccc(C[C@H](NC(=O)C(=O)Nc2cc(Cl)ccc2-n2cnnn2)C(=O)Nc2ccc3[nH]c(C(=O)O)cc3c2)cc1)NS(=O)(=O)C1CC1. The smallest absolute Gasteiger partial charge is 0.352 e.